The van der Waals surface area contributed by atoms with Crippen molar-refractivity contribution < 1.29 is 0 Å². The Morgan fingerprint density at radius 1 is 0.372 bits per heavy atom. The van der Waals surface area contributed by atoms with Crippen LogP contribution in [0.4, 0.5) is 0 Å². The molecule has 0 unspecified atom stereocenters. The van der Waals surface area contributed by atoms with E-state index in [9.17, 15) is 0 Å². The van der Waals surface area contributed by atoms with Gasteiger partial charge in [-0.05, 0) is 73.1 Å². The van der Waals surface area contributed by atoms with Crippen molar-refractivity contribution in [2.24, 2.45) is 0 Å². The second kappa shape index (κ2) is 11.3. The van der Waals surface area contributed by atoms with Crippen molar-refractivity contribution >= 4 is 34.8 Å². The van der Waals surface area contributed by atoms with Crippen molar-refractivity contribution in [3.05, 3.63) is 186 Å². The maximum Gasteiger partial charge on any atom is 0.0134 e. The van der Waals surface area contributed by atoms with E-state index in [4.69, 9.17) is 0 Å². The van der Waals surface area contributed by atoms with Gasteiger partial charge in [-0.15, -0.1) is 0 Å². The molecule has 43 heavy (non-hydrogen) atoms. The molecular formula is C42H33P. The van der Waals surface area contributed by atoms with Gasteiger partial charge >= 0.3 is 0 Å². The molecule has 2 atom stereocenters. The van der Waals surface area contributed by atoms with Gasteiger partial charge < -0.3 is 0 Å². The summed E-state index contributed by atoms with van der Waals surface area (Å²) >= 11 is 0. The van der Waals surface area contributed by atoms with Crippen molar-refractivity contribution in [3.8, 4) is 11.1 Å². The largest absolute Gasteiger partial charge is 0.0622 e. The Hall–Kier alpha value is -4.51. The van der Waals surface area contributed by atoms with Crippen LogP contribution < -0.4 is 5.30 Å². The normalized spacial score (nSPS) is 16.5. The zero-order valence-corrected chi connectivity index (χ0v) is 25.0. The third-order valence-corrected chi connectivity index (χ3v) is 12.3. The molecule has 0 saturated heterocycles. The van der Waals surface area contributed by atoms with E-state index in [1.165, 1.54) is 60.2 Å². The van der Waals surface area contributed by atoms with Gasteiger partial charge in [0.1, 0.15) is 0 Å². The molecule has 206 valence electrons. The molecule has 0 amide bonds. The van der Waals surface area contributed by atoms with Gasteiger partial charge in [0.2, 0.25) is 0 Å². The lowest BCUT2D eigenvalue weighted by Gasteiger charge is -2.35. The first-order valence-electron chi connectivity index (χ1n) is 15.3. The van der Waals surface area contributed by atoms with E-state index in [1.807, 2.05) is 0 Å². The highest BCUT2D eigenvalue weighted by molar-refractivity contribution is 7.66. The van der Waals surface area contributed by atoms with Crippen molar-refractivity contribution in [3.63, 3.8) is 0 Å². The summed E-state index contributed by atoms with van der Waals surface area (Å²) in [6.07, 6.45) is 2.04. The van der Waals surface area contributed by atoms with Gasteiger partial charge in [-0.2, -0.15) is 0 Å². The number of hydrogen-bond donors (Lipinski definition) is 0. The van der Waals surface area contributed by atoms with Crippen LogP contribution >= 0.6 is 7.92 Å². The predicted octanol–water partition coefficient (Wildman–Crippen LogP) is 11.0. The molecule has 0 fully saturated rings. The number of hydrogen-bond acceptors (Lipinski definition) is 0. The number of fused-ring (bicyclic) bond motifs is 7. The minimum absolute atomic E-state index is 0.360. The van der Waals surface area contributed by atoms with Crippen molar-refractivity contribution in [1.29, 1.82) is 0 Å². The van der Waals surface area contributed by atoms with Gasteiger partial charge in [0.25, 0.3) is 0 Å². The third kappa shape index (κ3) is 4.77. The Bertz CT molecular complexity index is 1900. The average molecular weight is 569 g/mol. The Kier molecular flexibility index (Phi) is 6.86. The minimum Gasteiger partial charge on any atom is -0.0622 e. The van der Waals surface area contributed by atoms with E-state index in [1.54, 1.807) is 0 Å². The van der Waals surface area contributed by atoms with E-state index in [0.717, 1.165) is 12.8 Å². The van der Waals surface area contributed by atoms with Crippen LogP contribution in [0.2, 0.25) is 0 Å². The third-order valence-electron chi connectivity index (χ3n) is 9.16. The molecule has 0 radical (unpaired) electrons. The van der Waals surface area contributed by atoms with Crippen LogP contribution in [0.3, 0.4) is 0 Å². The van der Waals surface area contributed by atoms with Crippen LogP contribution in [0.1, 0.15) is 33.6 Å². The Morgan fingerprint density at radius 3 is 1.23 bits per heavy atom. The van der Waals surface area contributed by atoms with E-state index in [-0.39, 0.29) is 0 Å². The topological polar surface area (TPSA) is 0 Å². The summed E-state index contributed by atoms with van der Waals surface area (Å²) in [5.74, 6) is 0. The first-order valence-corrected chi connectivity index (χ1v) is 16.8. The molecule has 7 aromatic carbocycles. The SMILES string of the molecule is c1ccc(C[C@H]2c3ccc4ccccc4c3-c3c(ccc4ccccc34)[C@H](Cc3ccccc3)P2c2ccccc2)cc1. The molecule has 0 spiro atoms. The van der Waals surface area contributed by atoms with Crippen molar-refractivity contribution in [2.45, 2.75) is 24.2 Å². The molecule has 0 N–H and O–H groups in total. The zero-order valence-electron chi connectivity index (χ0n) is 24.1. The number of rotatable bonds is 5. The molecule has 7 aromatic rings. The molecule has 8 rings (SSSR count). The van der Waals surface area contributed by atoms with E-state index < -0.39 is 7.92 Å². The maximum absolute atomic E-state index is 2.47. The zero-order chi connectivity index (χ0) is 28.6. The van der Waals surface area contributed by atoms with E-state index in [2.05, 4.69) is 164 Å². The molecular weight excluding hydrogens is 535 g/mol. The summed E-state index contributed by atoms with van der Waals surface area (Å²) in [6.45, 7) is 0. The number of benzene rings is 7. The first kappa shape index (κ1) is 26.1. The quantitative estimate of drug-likeness (QED) is 0.181. The van der Waals surface area contributed by atoms with Crippen LogP contribution in [-0.2, 0) is 12.8 Å². The second-order valence-corrected chi connectivity index (χ2v) is 14.2. The first-order chi connectivity index (χ1) is 21.3. The van der Waals surface area contributed by atoms with Gasteiger partial charge in [0.15, 0.2) is 0 Å². The van der Waals surface area contributed by atoms with Crippen molar-refractivity contribution in [1.82, 2.24) is 0 Å². The summed E-state index contributed by atoms with van der Waals surface area (Å²) in [7, 11) is -0.652. The highest BCUT2D eigenvalue weighted by atomic mass is 31.1. The average Bonchev–Trinajstić information content (AvgIpc) is 3.19. The fraction of sp³-hybridized carbons (Fsp3) is 0.0952. The monoisotopic (exact) mass is 568 g/mol. The van der Waals surface area contributed by atoms with Gasteiger partial charge in [0.05, 0.1) is 0 Å². The molecule has 0 saturated carbocycles. The van der Waals surface area contributed by atoms with Crippen LogP contribution in [-0.4, -0.2) is 0 Å². The van der Waals surface area contributed by atoms with Crippen molar-refractivity contribution in [2.75, 3.05) is 0 Å². The summed E-state index contributed by atoms with van der Waals surface area (Å²) in [4.78, 5) is 0. The Labute approximate surface area is 255 Å². The smallest absolute Gasteiger partial charge is 0.0134 e. The molecule has 1 aliphatic rings. The molecule has 1 heterocycles. The Balaban J connectivity index is 1.51. The van der Waals surface area contributed by atoms with E-state index in [0.29, 0.717) is 11.3 Å². The van der Waals surface area contributed by atoms with Crippen LogP contribution in [0.25, 0.3) is 32.7 Å². The second-order valence-electron chi connectivity index (χ2n) is 11.7. The van der Waals surface area contributed by atoms with Gasteiger partial charge in [-0.3, -0.25) is 0 Å². The molecule has 0 nitrogen and oxygen atoms in total. The highest BCUT2D eigenvalue weighted by Gasteiger charge is 2.39. The lowest BCUT2D eigenvalue weighted by atomic mass is 9.84. The van der Waals surface area contributed by atoms with Gasteiger partial charge in [-0.1, -0.05) is 172 Å². The molecule has 0 aliphatic carbocycles. The summed E-state index contributed by atoms with van der Waals surface area (Å²) < 4.78 is 0. The lowest BCUT2D eigenvalue weighted by molar-refractivity contribution is 0.872. The minimum atomic E-state index is -0.652. The highest BCUT2D eigenvalue weighted by Crippen LogP contribution is 2.67. The molecule has 0 bridgehead atoms. The van der Waals surface area contributed by atoms with Crippen LogP contribution in [0.15, 0.2) is 164 Å². The fourth-order valence-electron chi connectivity index (χ4n) is 7.26. The molecule has 1 heteroatoms. The van der Waals surface area contributed by atoms with Crippen LogP contribution in [0, 0.1) is 0 Å². The fourth-order valence-corrected chi connectivity index (χ4v) is 10.8. The standard InChI is InChI=1S/C42H33P/c1-4-14-30(15-5-1)28-39-37-26-24-32-18-10-12-22-35(32)41(37)42-36-23-13-11-19-33(36)25-27-38(42)40(29-31-16-6-2-7-17-31)43(39)34-20-8-3-9-21-34/h1-27,39-40H,28-29H2/t39-,40-/m0/s1. The Morgan fingerprint density at radius 2 is 0.767 bits per heavy atom. The summed E-state index contributed by atoms with van der Waals surface area (Å²) in [6, 6.07) is 61.5. The summed E-state index contributed by atoms with van der Waals surface area (Å²) in [5, 5.41) is 6.82. The maximum atomic E-state index is 2.47. The molecule has 0 aromatic heterocycles. The summed E-state index contributed by atoms with van der Waals surface area (Å²) in [5.41, 5.74) is 9.39. The predicted molar refractivity (Wildman–Crippen MR) is 186 cm³/mol. The van der Waals surface area contributed by atoms with Crippen LogP contribution in [0.5, 0.6) is 0 Å². The molecule has 1 aliphatic heterocycles. The van der Waals surface area contributed by atoms with Gasteiger partial charge in [-0.25, -0.2) is 0 Å². The lowest BCUT2D eigenvalue weighted by Crippen LogP contribution is -2.16. The van der Waals surface area contributed by atoms with Gasteiger partial charge in [0, 0.05) is 11.3 Å². The van der Waals surface area contributed by atoms with E-state index >= 15 is 0 Å².